The van der Waals surface area contributed by atoms with Crippen molar-refractivity contribution in [2.24, 2.45) is 0 Å². The van der Waals surface area contributed by atoms with Crippen LogP contribution in [0.4, 0.5) is 46.0 Å². The Balaban J connectivity index is 0.000000189. The molecule has 13 aromatic rings. The highest BCUT2D eigenvalue weighted by Gasteiger charge is 2.44. The van der Waals surface area contributed by atoms with Gasteiger partial charge in [0.2, 0.25) is 0 Å². The lowest BCUT2D eigenvalue weighted by atomic mass is 9.85. The van der Waals surface area contributed by atoms with E-state index in [0.717, 1.165) is 161 Å². The summed E-state index contributed by atoms with van der Waals surface area (Å²) in [5.74, 6) is -7.65. The molecule has 110 heavy (non-hydrogen) atoms. The Morgan fingerprint density at radius 1 is 0.364 bits per heavy atom. The summed E-state index contributed by atoms with van der Waals surface area (Å²) in [5, 5.41) is 2.28. The molecule has 12 aromatic carbocycles. The third-order valence-electron chi connectivity index (χ3n) is 20.9. The summed E-state index contributed by atoms with van der Waals surface area (Å²) in [6, 6.07) is 72.8. The average Bonchev–Trinajstić information content (AvgIpc) is 1.58. The Labute approximate surface area is 636 Å². The van der Waals surface area contributed by atoms with E-state index in [0.29, 0.717) is 18.9 Å². The van der Waals surface area contributed by atoms with Gasteiger partial charge in [0.05, 0.1) is 43.1 Å². The molecule has 0 saturated carbocycles. The van der Waals surface area contributed by atoms with Crippen molar-refractivity contribution < 1.29 is 55.7 Å². The molecule has 0 fully saturated rings. The van der Waals surface area contributed by atoms with E-state index in [1.165, 1.54) is 57.6 Å². The summed E-state index contributed by atoms with van der Waals surface area (Å²) in [6.45, 7) is 16.6. The van der Waals surface area contributed by atoms with Crippen LogP contribution in [0.25, 0.3) is 60.5 Å². The Bertz CT molecular complexity index is 5530. The van der Waals surface area contributed by atoms with E-state index in [1.807, 2.05) is 37.3 Å². The fourth-order valence-corrected chi connectivity index (χ4v) is 15.0. The first-order valence-corrected chi connectivity index (χ1v) is 37.8. The SMILES string of the molecule is CCCCOc1ccc2c(c1)-c1cc(OCCCC)ccc1C2c1ccc(N(c2ccc(C)cc2)c2ccc(-n3c4ccc(OCCCC)cc4c4cc(OCCCC)ccc43)cc2)cc1.Cc1ccc(-c2cccc(N3C(=O)c4ccc5c6c(ccc(c46)C3=O)C(=O)N(c3c(F)c(C)c(F)c(F)c3F)C5=O)c2)cc1. The van der Waals surface area contributed by atoms with Gasteiger partial charge in [0, 0.05) is 78.0 Å². The van der Waals surface area contributed by atoms with E-state index in [-0.39, 0.29) is 43.8 Å². The number of aryl methyl sites for hydroxylation is 2. The van der Waals surface area contributed by atoms with E-state index in [4.69, 9.17) is 18.9 Å². The molecular formula is C94H82F4N4O8. The number of aromatic nitrogens is 1. The molecule has 1 aromatic heterocycles. The number of imide groups is 2. The van der Waals surface area contributed by atoms with Crippen LogP contribution >= 0.6 is 0 Å². The van der Waals surface area contributed by atoms with Gasteiger partial charge in [-0.3, -0.25) is 19.2 Å². The van der Waals surface area contributed by atoms with Crippen LogP contribution in [0.2, 0.25) is 0 Å². The van der Waals surface area contributed by atoms with Crippen LogP contribution in [0.3, 0.4) is 0 Å². The number of nitrogens with zero attached hydrogens (tertiary/aromatic N) is 4. The summed E-state index contributed by atoms with van der Waals surface area (Å²) in [7, 11) is 0. The quantitative estimate of drug-likeness (QED) is 0.0191. The van der Waals surface area contributed by atoms with E-state index in [2.05, 4.69) is 190 Å². The van der Waals surface area contributed by atoms with Gasteiger partial charge in [0.15, 0.2) is 23.3 Å². The minimum absolute atomic E-state index is 0.0241. The number of rotatable bonds is 24. The van der Waals surface area contributed by atoms with Crippen LogP contribution in [-0.4, -0.2) is 54.6 Å². The maximum absolute atomic E-state index is 15.1. The third-order valence-corrected chi connectivity index (χ3v) is 20.9. The molecule has 2 aliphatic heterocycles. The van der Waals surface area contributed by atoms with Crippen molar-refractivity contribution in [2.75, 3.05) is 41.1 Å². The zero-order chi connectivity index (χ0) is 76.6. The number of ether oxygens (including phenoxy) is 4. The van der Waals surface area contributed by atoms with Crippen LogP contribution in [0.5, 0.6) is 23.0 Å². The first kappa shape index (κ1) is 73.2. The molecule has 0 radical (unpaired) electrons. The summed E-state index contributed by atoms with van der Waals surface area (Å²) < 4.78 is 85.4. The number of anilines is 5. The molecule has 3 aliphatic rings. The smallest absolute Gasteiger partial charge is 0.266 e. The van der Waals surface area contributed by atoms with Gasteiger partial charge in [-0.15, -0.1) is 0 Å². The Morgan fingerprint density at radius 2 is 0.773 bits per heavy atom. The number of fused-ring (bicyclic) bond motifs is 6. The second-order valence-electron chi connectivity index (χ2n) is 28.3. The number of benzene rings is 12. The standard InChI is InChI=1S/C60H64N2O4.C34H18F4N2O4/c1-6-10-34-63-48-26-30-52-54(38-48)55-39-49(64-35-11-7-2)27-31-53(55)60(52)43-16-20-45(21-17-43)61(44-18-14-42(5)15-19-44)46-22-24-47(25-23-46)62-58-32-28-50(65-36-12-8-3)40-56(58)57-41-51(29-33-59(57)62)66-37-13-9-4;1-15-6-8-17(9-7-15)18-4-3-5-19(14-18)39-31(41)20-10-12-22-25-23(13-11-21(24(20)25)32(39)42)34(44)40(33(22)43)30-27(36)16(2)26(35)28(37)29(30)38/h14-33,38-41,60H,6-13,34-37H2,1-5H3;3-14H,1-2H3. The molecule has 0 N–H and O–H groups in total. The predicted octanol–water partition coefficient (Wildman–Crippen LogP) is 23.7. The van der Waals surface area contributed by atoms with Crippen LogP contribution in [-0.2, 0) is 0 Å². The first-order chi connectivity index (χ1) is 53.5. The number of halogens is 4. The number of unbranched alkanes of at least 4 members (excludes halogenated alkanes) is 4. The molecule has 1 aliphatic carbocycles. The molecule has 0 atom stereocenters. The van der Waals surface area contributed by atoms with Crippen LogP contribution in [0.15, 0.2) is 218 Å². The highest BCUT2D eigenvalue weighted by Crippen LogP contribution is 2.52. The highest BCUT2D eigenvalue weighted by molar-refractivity contribution is 6.42. The zero-order valence-electron chi connectivity index (χ0n) is 62.4. The molecule has 16 rings (SSSR count). The molecule has 12 nitrogen and oxygen atoms in total. The van der Waals surface area contributed by atoms with Gasteiger partial charge in [-0.25, -0.2) is 27.4 Å². The van der Waals surface area contributed by atoms with Crippen molar-refractivity contribution in [3.63, 3.8) is 0 Å². The van der Waals surface area contributed by atoms with Crippen LogP contribution in [0.1, 0.15) is 160 Å². The molecule has 0 unspecified atom stereocenters. The van der Waals surface area contributed by atoms with Gasteiger partial charge < -0.3 is 28.4 Å². The van der Waals surface area contributed by atoms with Crippen molar-refractivity contribution in [1.82, 2.24) is 4.57 Å². The average molecular weight is 1470 g/mol. The van der Waals surface area contributed by atoms with Crippen molar-refractivity contribution in [3.8, 4) is 50.9 Å². The van der Waals surface area contributed by atoms with Crippen molar-refractivity contribution in [2.45, 2.75) is 106 Å². The zero-order valence-corrected chi connectivity index (χ0v) is 62.4. The topological polar surface area (TPSA) is 120 Å². The fourth-order valence-electron chi connectivity index (χ4n) is 15.0. The van der Waals surface area contributed by atoms with E-state index < -0.39 is 58.1 Å². The van der Waals surface area contributed by atoms with Gasteiger partial charge in [0.1, 0.15) is 28.7 Å². The van der Waals surface area contributed by atoms with Crippen molar-refractivity contribution in [3.05, 3.63) is 297 Å². The third kappa shape index (κ3) is 13.5. The van der Waals surface area contributed by atoms with Gasteiger partial charge in [-0.1, -0.05) is 137 Å². The van der Waals surface area contributed by atoms with Gasteiger partial charge in [0.25, 0.3) is 23.6 Å². The molecule has 0 saturated heterocycles. The monoisotopic (exact) mass is 1470 g/mol. The number of amides is 4. The Morgan fingerprint density at radius 3 is 1.23 bits per heavy atom. The summed E-state index contributed by atoms with van der Waals surface area (Å²) in [4.78, 5) is 58.3. The largest absolute Gasteiger partial charge is 0.494 e. The molecule has 0 spiro atoms. The van der Waals surface area contributed by atoms with Crippen molar-refractivity contribution >= 4 is 84.6 Å². The summed E-state index contributed by atoms with van der Waals surface area (Å²) in [5.41, 5.74) is 14.4. The molecule has 4 amide bonds. The lowest BCUT2D eigenvalue weighted by Crippen LogP contribution is -2.44. The Kier molecular flexibility index (Phi) is 20.7. The molecule has 554 valence electrons. The van der Waals surface area contributed by atoms with Crippen LogP contribution < -0.4 is 33.6 Å². The van der Waals surface area contributed by atoms with E-state index in [9.17, 15) is 32.3 Å². The second-order valence-corrected chi connectivity index (χ2v) is 28.3. The number of hydrogen-bond acceptors (Lipinski definition) is 9. The summed E-state index contributed by atoms with van der Waals surface area (Å²) in [6.07, 6.45) is 8.54. The Hall–Kier alpha value is -12.3. The highest BCUT2D eigenvalue weighted by atomic mass is 19.2. The van der Waals surface area contributed by atoms with Crippen molar-refractivity contribution in [1.29, 1.82) is 0 Å². The predicted molar refractivity (Wildman–Crippen MR) is 428 cm³/mol. The summed E-state index contributed by atoms with van der Waals surface area (Å²) >= 11 is 0. The van der Waals surface area contributed by atoms with Gasteiger partial charge in [-0.05, 0) is 231 Å². The maximum atomic E-state index is 15.1. The number of carbonyl (C=O) groups excluding carboxylic acids is 4. The minimum Gasteiger partial charge on any atom is -0.494 e. The molecule has 3 heterocycles. The molecule has 16 heteroatoms. The lowest BCUT2D eigenvalue weighted by Gasteiger charge is -2.32. The number of hydrogen-bond donors (Lipinski definition) is 0. The molecule has 0 bridgehead atoms. The van der Waals surface area contributed by atoms with E-state index >= 15 is 4.39 Å². The fraction of sp³-hybridized carbons (Fsp3) is 0.213. The van der Waals surface area contributed by atoms with Crippen LogP contribution in [0, 0.1) is 44.0 Å². The second kappa shape index (κ2) is 31.1. The lowest BCUT2D eigenvalue weighted by molar-refractivity contribution is 0.0871. The number of carbonyl (C=O) groups is 4. The normalized spacial score (nSPS) is 12.9. The first-order valence-electron chi connectivity index (χ1n) is 37.8. The minimum atomic E-state index is -2.05. The maximum Gasteiger partial charge on any atom is 0.266 e. The molecular weight excluding hydrogens is 1390 g/mol. The van der Waals surface area contributed by atoms with Gasteiger partial charge in [-0.2, -0.15) is 0 Å². The van der Waals surface area contributed by atoms with Gasteiger partial charge >= 0.3 is 0 Å². The van der Waals surface area contributed by atoms with E-state index in [1.54, 1.807) is 18.2 Å².